The molecular formula is C18H24F6N2O2. The van der Waals surface area contributed by atoms with E-state index in [0.717, 1.165) is 32.1 Å². The van der Waals surface area contributed by atoms with Crippen LogP contribution in [0.3, 0.4) is 0 Å². The summed E-state index contributed by atoms with van der Waals surface area (Å²) in [5.41, 5.74) is 13.4. The van der Waals surface area contributed by atoms with Crippen LogP contribution in [0.25, 0.3) is 0 Å². The monoisotopic (exact) mass is 414 g/mol. The van der Waals surface area contributed by atoms with Gasteiger partial charge in [0.2, 0.25) is 0 Å². The van der Waals surface area contributed by atoms with Crippen LogP contribution in [-0.2, 0) is 16.0 Å². The van der Waals surface area contributed by atoms with Crippen molar-refractivity contribution in [2.24, 2.45) is 11.5 Å². The molecule has 0 aliphatic heterocycles. The predicted octanol–water partition coefficient (Wildman–Crippen LogP) is 3.71. The first kappa shape index (κ1) is 26.1. The van der Waals surface area contributed by atoms with Crippen LogP contribution in [0.5, 0.6) is 0 Å². The van der Waals surface area contributed by atoms with Crippen molar-refractivity contribution in [2.75, 3.05) is 0 Å². The minimum atomic E-state index is -5.77. The van der Waals surface area contributed by atoms with E-state index in [1.807, 2.05) is 6.07 Å². The molecule has 0 heterocycles. The van der Waals surface area contributed by atoms with Crippen molar-refractivity contribution < 1.29 is 35.9 Å². The Bertz CT molecular complexity index is 578. The number of rotatable bonds is 8. The van der Waals surface area contributed by atoms with Gasteiger partial charge in [-0.15, -0.1) is 0 Å². The molecule has 0 unspecified atom stereocenters. The van der Waals surface area contributed by atoms with Gasteiger partial charge in [-0.2, -0.15) is 26.3 Å². The lowest BCUT2D eigenvalue weighted by Gasteiger charge is -2.15. The van der Waals surface area contributed by atoms with Crippen LogP contribution in [-0.4, -0.2) is 36.0 Å². The second-order valence-corrected chi connectivity index (χ2v) is 6.23. The Balaban J connectivity index is 0.000000546. The number of carbonyl (C=O) groups excluding carboxylic acids is 2. The molecule has 160 valence electrons. The van der Waals surface area contributed by atoms with E-state index in [9.17, 15) is 35.9 Å². The van der Waals surface area contributed by atoms with Crippen molar-refractivity contribution in [3.05, 3.63) is 35.9 Å². The summed E-state index contributed by atoms with van der Waals surface area (Å²) < 4.78 is 67.0. The third-order valence-corrected chi connectivity index (χ3v) is 3.63. The number of alkyl halides is 6. The predicted molar refractivity (Wildman–Crippen MR) is 92.4 cm³/mol. The van der Waals surface area contributed by atoms with Crippen LogP contribution in [0, 0.1) is 0 Å². The SMILES string of the molecule is CCC[C@H](N)CC[C@@H](N)Cc1ccccc1.O=C(C(=O)C(F)(F)F)C(F)(F)F. The minimum absolute atomic E-state index is 0.241. The van der Waals surface area contributed by atoms with Gasteiger partial charge < -0.3 is 11.5 Å². The molecule has 0 spiro atoms. The maximum atomic E-state index is 11.2. The average molecular weight is 414 g/mol. The Morgan fingerprint density at radius 3 is 1.64 bits per heavy atom. The number of Topliss-reactive ketones (excluding diaryl/α,β-unsaturated/α-hetero) is 2. The summed E-state index contributed by atoms with van der Waals surface area (Å²) in [6.45, 7) is 2.17. The van der Waals surface area contributed by atoms with Gasteiger partial charge in [0.1, 0.15) is 0 Å². The van der Waals surface area contributed by atoms with E-state index in [4.69, 9.17) is 11.5 Å². The summed E-state index contributed by atoms with van der Waals surface area (Å²) in [6, 6.07) is 11.0. The van der Waals surface area contributed by atoms with E-state index in [2.05, 4.69) is 31.2 Å². The molecule has 0 amide bonds. The van der Waals surface area contributed by atoms with Gasteiger partial charge >= 0.3 is 23.9 Å². The van der Waals surface area contributed by atoms with E-state index in [0.29, 0.717) is 6.04 Å². The van der Waals surface area contributed by atoms with Crippen LogP contribution in [0.15, 0.2) is 30.3 Å². The van der Waals surface area contributed by atoms with Crippen molar-refractivity contribution >= 4 is 11.6 Å². The quantitative estimate of drug-likeness (QED) is 0.502. The summed E-state index contributed by atoms with van der Waals surface area (Å²) in [7, 11) is 0. The highest BCUT2D eigenvalue weighted by Gasteiger charge is 2.54. The zero-order chi connectivity index (χ0) is 22.0. The Labute approximate surface area is 159 Å². The third-order valence-electron chi connectivity index (χ3n) is 3.63. The van der Waals surface area contributed by atoms with Crippen molar-refractivity contribution in [1.82, 2.24) is 0 Å². The molecule has 0 fully saturated rings. The summed E-state index contributed by atoms with van der Waals surface area (Å²) in [4.78, 5) is 19.2. The first-order valence-corrected chi connectivity index (χ1v) is 8.56. The van der Waals surface area contributed by atoms with Crippen LogP contribution in [0.1, 0.15) is 38.2 Å². The van der Waals surface area contributed by atoms with E-state index >= 15 is 0 Å². The minimum Gasteiger partial charge on any atom is -0.328 e. The molecule has 4 nitrogen and oxygen atoms in total. The average Bonchev–Trinajstić information content (AvgIpc) is 2.59. The molecule has 0 aliphatic carbocycles. The third kappa shape index (κ3) is 11.0. The molecule has 2 atom stereocenters. The lowest BCUT2D eigenvalue weighted by atomic mass is 9.99. The first-order valence-electron chi connectivity index (χ1n) is 8.56. The van der Waals surface area contributed by atoms with E-state index in [1.54, 1.807) is 0 Å². The van der Waals surface area contributed by atoms with E-state index in [1.165, 1.54) is 5.56 Å². The summed E-state index contributed by atoms with van der Waals surface area (Å²) >= 11 is 0. The maximum Gasteiger partial charge on any atom is 0.458 e. The van der Waals surface area contributed by atoms with Gasteiger partial charge in [-0.05, 0) is 31.2 Å². The highest BCUT2D eigenvalue weighted by Crippen LogP contribution is 2.24. The van der Waals surface area contributed by atoms with Crippen LogP contribution in [0.4, 0.5) is 26.3 Å². The molecule has 1 aromatic rings. The summed E-state index contributed by atoms with van der Waals surface area (Å²) in [6.07, 6.45) is -6.25. The van der Waals surface area contributed by atoms with Crippen LogP contribution >= 0.6 is 0 Å². The fraction of sp³-hybridized carbons (Fsp3) is 0.556. The van der Waals surface area contributed by atoms with Gasteiger partial charge in [0.15, 0.2) is 0 Å². The number of nitrogens with two attached hydrogens (primary N) is 2. The number of halogens is 6. The van der Waals surface area contributed by atoms with Gasteiger partial charge in [0.05, 0.1) is 0 Å². The van der Waals surface area contributed by atoms with E-state index in [-0.39, 0.29) is 6.04 Å². The van der Waals surface area contributed by atoms with Gasteiger partial charge in [-0.3, -0.25) is 9.59 Å². The van der Waals surface area contributed by atoms with E-state index < -0.39 is 23.9 Å². The second-order valence-electron chi connectivity index (χ2n) is 6.23. The molecule has 28 heavy (non-hydrogen) atoms. The van der Waals surface area contributed by atoms with Crippen molar-refractivity contribution in [3.8, 4) is 0 Å². The largest absolute Gasteiger partial charge is 0.458 e. The van der Waals surface area contributed by atoms with Gasteiger partial charge in [-0.25, -0.2) is 0 Å². The number of benzene rings is 1. The number of carbonyl (C=O) groups is 2. The van der Waals surface area contributed by atoms with Gasteiger partial charge in [0.25, 0.3) is 0 Å². The number of ketones is 2. The topological polar surface area (TPSA) is 86.2 Å². The second kappa shape index (κ2) is 11.8. The first-order chi connectivity index (χ1) is 12.8. The molecular weight excluding hydrogens is 390 g/mol. The summed E-state index contributed by atoms with van der Waals surface area (Å²) in [5.74, 6) is -6.81. The molecule has 0 saturated carbocycles. The molecule has 0 aromatic heterocycles. The molecule has 0 radical (unpaired) electrons. The molecule has 0 aliphatic rings. The number of hydrogen-bond donors (Lipinski definition) is 2. The Kier molecular flexibility index (Phi) is 11.0. The zero-order valence-corrected chi connectivity index (χ0v) is 15.3. The summed E-state index contributed by atoms with van der Waals surface area (Å²) in [5, 5.41) is 0. The van der Waals surface area contributed by atoms with Crippen LogP contribution < -0.4 is 11.5 Å². The fourth-order valence-electron chi connectivity index (χ4n) is 2.22. The highest BCUT2D eigenvalue weighted by atomic mass is 19.4. The standard InChI is InChI=1S/C14H24N2.C4F6O2/c1-2-6-13(15)9-10-14(16)11-12-7-4-3-5-8-12;5-3(6,7)1(11)2(12)4(8,9)10/h3-5,7-8,13-14H,2,6,9-11,15-16H2,1H3;/t13-,14+;/m0./s1. The Morgan fingerprint density at radius 1 is 0.821 bits per heavy atom. The molecule has 0 saturated heterocycles. The fourth-order valence-corrected chi connectivity index (χ4v) is 2.22. The molecule has 10 heteroatoms. The van der Waals surface area contributed by atoms with Gasteiger partial charge in [-0.1, -0.05) is 43.7 Å². The van der Waals surface area contributed by atoms with Gasteiger partial charge in [0, 0.05) is 12.1 Å². The highest BCUT2D eigenvalue weighted by molar-refractivity contribution is 6.41. The lowest BCUT2D eigenvalue weighted by molar-refractivity contribution is -0.193. The van der Waals surface area contributed by atoms with Crippen molar-refractivity contribution in [2.45, 2.75) is 63.5 Å². The molecule has 4 N–H and O–H groups in total. The molecule has 1 rings (SSSR count). The Morgan fingerprint density at radius 2 is 1.25 bits per heavy atom. The smallest absolute Gasteiger partial charge is 0.328 e. The maximum absolute atomic E-state index is 11.2. The van der Waals surface area contributed by atoms with Crippen molar-refractivity contribution in [1.29, 1.82) is 0 Å². The zero-order valence-electron chi connectivity index (χ0n) is 15.3. The normalized spacial score (nSPS) is 13.9. The van der Waals surface area contributed by atoms with Crippen LogP contribution in [0.2, 0.25) is 0 Å². The molecule has 1 aromatic carbocycles. The number of hydrogen-bond acceptors (Lipinski definition) is 4. The molecule has 0 bridgehead atoms. The van der Waals surface area contributed by atoms with Crippen molar-refractivity contribution in [3.63, 3.8) is 0 Å². The lowest BCUT2D eigenvalue weighted by Crippen LogP contribution is -2.39. The Hall–Kier alpha value is -1.94.